The number of nitrogens with zero attached hydrogens (tertiary/aromatic N) is 2. The summed E-state index contributed by atoms with van der Waals surface area (Å²) in [6.07, 6.45) is -1.83. The SMILES string of the molecule is CC1c2c(Cl)cc(Cl)cc2CCN1C(=O)CNc1ccc2c(=O)[nH]c(CNCC(F)F)nc2c1. The lowest BCUT2D eigenvalue weighted by Gasteiger charge is -2.36. The van der Waals surface area contributed by atoms with E-state index in [1.54, 1.807) is 29.2 Å². The van der Waals surface area contributed by atoms with E-state index in [9.17, 15) is 18.4 Å². The lowest BCUT2D eigenvalue weighted by atomic mass is 9.93. The maximum Gasteiger partial charge on any atom is 0.258 e. The standard InChI is InChI=1S/C23H23Cl2F2N5O2/c1-12-22-13(6-14(24)7-17(22)25)4-5-32(12)21(33)11-29-15-2-3-16-18(8-15)30-20(31-23(16)34)10-28-9-19(26)27/h2-3,6-8,12,19,28-29H,4-5,9-11H2,1H3,(H,30,31,34). The predicted molar refractivity (Wildman–Crippen MR) is 129 cm³/mol. The minimum absolute atomic E-state index is 0.00769. The molecule has 34 heavy (non-hydrogen) atoms. The van der Waals surface area contributed by atoms with Crippen molar-refractivity contribution in [2.75, 3.05) is 25.0 Å². The van der Waals surface area contributed by atoms with E-state index in [4.69, 9.17) is 23.2 Å². The number of fused-ring (bicyclic) bond motifs is 2. The van der Waals surface area contributed by atoms with Gasteiger partial charge in [-0.2, -0.15) is 0 Å². The molecule has 0 saturated heterocycles. The van der Waals surface area contributed by atoms with E-state index in [0.717, 1.165) is 11.1 Å². The van der Waals surface area contributed by atoms with Gasteiger partial charge >= 0.3 is 0 Å². The first-order chi connectivity index (χ1) is 16.2. The van der Waals surface area contributed by atoms with Crippen LogP contribution in [-0.2, 0) is 17.8 Å². The molecule has 7 nitrogen and oxygen atoms in total. The van der Waals surface area contributed by atoms with Gasteiger partial charge in [0.25, 0.3) is 12.0 Å². The van der Waals surface area contributed by atoms with Crippen molar-refractivity contribution in [1.82, 2.24) is 20.2 Å². The van der Waals surface area contributed by atoms with Gasteiger partial charge in [0, 0.05) is 22.3 Å². The first-order valence-electron chi connectivity index (χ1n) is 10.8. The molecule has 1 aliphatic heterocycles. The molecule has 3 aromatic rings. The Bertz CT molecular complexity index is 1280. The minimum Gasteiger partial charge on any atom is -0.376 e. The van der Waals surface area contributed by atoms with E-state index < -0.39 is 13.0 Å². The smallest absolute Gasteiger partial charge is 0.258 e. The fourth-order valence-corrected chi connectivity index (χ4v) is 4.90. The molecule has 2 aromatic carbocycles. The van der Waals surface area contributed by atoms with Crippen molar-refractivity contribution in [2.45, 2.75) is 32.4 Å². The Labute approximate surface area is 204 Å². The number of aromatic amines is 1. The number of nitrogens with one attached hydrogen (secondary N) is 3. The Morgan fingerprint density at radius 3 is 2.85 bits per heavy atom. The molecular formula is C23H23Cl2F2N5O2. The van der Waals surface area contributed by atoms with Gasteiger partial charge in [0.2, 0.25) is 5.91 Å². The van der Waals surface area contributed by atoms with E-state index in [2.05, 4.69) is 20.6 Å². The Balaban J connectivity index is 1.45. The van der Waals surface area contributed by atoms with Gasteiger partial charge in [-0.25, -0.2) is 13.8 Å². The van der Waals surface area contributed by atoms with Crippen molar-refractivity contribution in [3.05, 3.63) is 67.7 Å². The van der Waals surface area contributed by atoms with E-state index >= 15 is 0 Å². The second kappa shape index (κ2) is 10.2. The van der Waals surface area contributed by atoms with Crippen LogP contribution in [0.5, 0.6) is 0 Å². The summed E-state index contributed by atoms with van der Waals surface area (Å²) in [6.45, 7) is 2.04. The summed E-state index contributed by atoms with van der Waals surface area (Å²) in [7, 11) is 0. The van der Waals surface area contributed by atoms with Crippen molar-refractivity contribution in [3.8, 4) is 0 Å². The molecular weight excluding hydrogens is 487 g/mol. The zero-order chi connectivity index (χ0) is 24.4. The Morgan fingerprint density at radius 1 is 1.29 bits per heavy atom. The highest BCUT2D eigenvalue weighted by molar-refractivity contribution is 6.35. The van der Waals surface area contributed by atoms with Crippen molar-refractivity contribution in [3.63, 3.8) is 0 Å². The Hall–Kier alpha value is -2.75. The lowest BCUT2D eigenvalue weighted by Crippen LogP contribution is -2.41. The van der Waals surface area contributed by atoms with E-state index in [1.165, 1.54) is 0 Å². The molecule has 11 heteroatoms. The molecule has 4 rings (SSSR count). The van der Waals surface area contributed by atoms with E-state index in [-0.39, 0.29) is 36.4 Å². The molecule has 0 saturated carbocycles. The number of carbonyl (C=O) groups is 1. The van der Waals surface area contributed by atoms with Gasteiger partial charge in [-0.15, -0.1) is 0 Å². The molecule has 0 spiro atoms. The van der Waals surface area contributed by atoms with Gasteiger partial charge in [0.05, 0.1) is 36.6 Å². The molecule has 180 valence electrons. The second-order valence-corrected chi connectivity index (χ2v) is 8.94. The summed E-state index contributed by atoms with van der Waals surface area (Å²) in [4.78, 5) is 34.0. The van der Waals surface area contributed by atoms with Crippen LogP contribution in [-0.4, -0.2) is 46.8 Å². The normalized spacial score (nSPS) is 15.6. The number of alkyl halides is 2. The van der Waals surface area contributed by atoms with Crippen LogP contribution >= 0.6 is 23.2 Å². The summed E-state index contributed by atoms with van der Waals surface area (Å²) in [5, 5.41) is 7.11. The monoisotopic (exact) mass is 509 g/mol. The van der Waals surface area contributed by atoms with Gasteiger partial charge in [0.15, 0.2) is 0 Å². The molecule has 0 bridgehead atoms. The first-order valence-corrected chi connectivity index (χ1v) is 11.5. The second-order valence-electron chi connectivity index (χ2n) is 8.09. The van der Waals surface area contributed by atoms with Crippen molar-refractivity contribution < 1.29 is 13.6 Å². The zero-order valence-corrected chi connectivity index (χ0v) is 19.8. The largest absolute Gasteiger partial charge is 0.376 e. The third kappa shape index (κ3) is 5.32. The van der Waals surface area contributed by atoms with Crippen molar-refractivity contribution in [1.29, 1.82) is 0 Å². The molecule has 1 unspecified atom stereocenters. The topological polar surface area (TPSA) is 90.1 Å². The van der Waals surface area contributed by atoms with Crippen LogP contribution in [0.15, 0.2) is 35.1 Å². The fourth-order valence-electron chi connectivity index (χ4n) is 4.20. The molecule has 1 aliphatic rings. The van der Waals surface area contributed by atoms with Gasteiger partial charge in [-0.1, -0.05) is 23.2 Å². The molecule has 2 heterocycles. The number of aromatic nitrogens is 2. The minimum atomic E-state index is -2.49. The summed E-state index contributed by atoms with van der Waals surface area (Å²) in [6, 6.07) is 8.33. The summed E-state index contributed by atoms with van der Waals surface area (Å²) >= 11 is 12.5. The number of carbonyl (C=O) groups excluding carboxylic acids is 1. The molecule has 3 N–H and O–H groups in total. The highest BCUT2D eigenvalue weighted by atomic mass is 35.5. The molecule has 1 atom stereocenters. The third-order valence-corrected chi connectivity index (χ3v) is 6.33. The summed E-state index contributed by atoms with van der Waals surface area (Å²) in [5.74, 6) is 0.157. The third-order valence-electron chi connectivity index (χ3n) is 5.80. The van der Waals surface area contributed by atoms with E-state index in [0.29, 0.717) is 39.6 Å². The summed E-state index contributed by atoms with van der Waals surface area (Å²) < 4.78 is 24.7. The highest BCUT2D eigenvalue weighted by Crippen LogP contribution is 2.36. The molecule has 0 aliphatic carbocycles. The van der Waals surface area contributed by atoms with Crippen LogP contribution in [0.4, 0.5) is 14.5 Å². The number of amides is 1. The predicted octanol–water partition coefficient (Wildman–Crippen LogP) is 4.14. The average Bonchev–Trinajstić information content (AvgIpc) is 2.76. The van der Waals surface area contributed by atoms with Crippen LogP contribution in [0.2, 0.25) is 10.0 Å². The van der Waals surface area contributed by atoms with Gasteiger partial charge in [-0.05, 0) is 54.8 Å². The molecule has 1 amide bonds. The first kappa shape index (κ1) is 24.4. The molecule has 1 aromatic heterocycles. The number of hydrogen-bond acceptors (Lipinski definition) is 5. The quantitative estimate of drug-likeness (QED) is 0.445. The van der Waals surface area contributed by atoms with Gasteiger partial charge in [0.1, 0.15) is 5.82 Å². The number of halogens is 4. The highest BCUT2D eigenvalue weighted by Gasteiger charge is 2.29. The van der Waals surface area contributed by atoms with E-state index in [1.807, 2.05) is 13.0 Å². The number of benzene rings is 2. The maximum atomic E-state index is 13.0. The molecule has 0 radical (unpaired) electrons. The maximum absolute atomic E-state index is 13.0. The van der Waals surface area contributed by atoms with Gasteiger partial charge < -0.3 is 20.5 Å². The zero-order valence-electron chi connectivity index (χ0n) is 18.3. The van der Waals surface area contributed by atoms with Crippen LogP contribution in [0.3, 0.4) is 0 Å². The number of anilines is 1. The van der Waals surface area contributed by atoms with Crippen LogP contribution in [0.25, 0.3) is 10.9 Å². The van der Waals surface area contributed by atoms with Crippen LogP contribution < -0.4 is 16.2 Å². The number of rotatable bonds is 7. The molecule has 0 fully saturated rings. The van der Waals surface area contributed by atoms with Crippen LogP contribution in [0.1, 0.15) is 29.9 Å². The fraction of sp³-hybridized carbons (Fsp3) is 0.348. The summed E-state index contributed by atoms with van der Waals surface area (Å²) in [5.41, 5.74) is 2.61. The average molecular weight is 510 g/mol. The Kier molecular flexibility index (Phi) is 7.35. The van der Waals surface area contributed by atoms with Crippen molar-refractivity contribution in [2.24, 2.45) is 0 Å². The van der Waals surface area contributed by atoms with Gasteiger partial charge in [-0.3, -0.25) is 9.59 Å². The number of H-pyrrole nitrogens is 1. The van der Waals surface area contributed by atoms with Crippen LogP contribution in [0, 0.1) is 0 Å². The van der Waals surface area contributed by atoms with Crippen molar-refractivity contribution >= 4 is 45.7 Å². The lowest BCUT2D eigenvalue weighted by molar-refractivity contribution is -0.131. The number of hydrogen-bond donors (Lipinski definition) is 3. The Morgan fingerprint density at radius 2 is 2.09 bits per heavy atom.